The van der Waals surface area contributed by atoms with Gasteiger partial charge in [-0.1, -0.05) is 20.3 Å². The smallest absolute Gasteiger partial charge is 0.326 e. The van der Waals surface area contributed by atoms with Gasteiger partial charge in [0.05, 0.1) is 6.42 Å². The number of carbonyl (C=O) groups excluding carboxylic acids is 3. The zero-order chi connectivity index (χ0) is 19.0. The number of rotatable bonds is 3. The molecule has 0 aromatic rings. The third-order valence-corrected chi connectivity index (χ3v) is 4.25. The minimum atomic E-state index is -1.28. The van der Waals surface area contributed by atoms with Crippen LogP contribution in [-0.2, 0) is 19.2 Å². The molecular weight excluding hydrogens is 326 g/mol. The van der Waals surface area contributed by atoms with Crippen molar-refractivity contribution in [1.82, 2.24) is 15.5 Å². The normalized spacial score (nSPS) is 24.5. The molecule has 1 fully saturated rings. The third kappa shape index (κ3) is 7.11. The second-order valence-electron chi connectivity index (χ2n) is 6.91. The van der Waals surface area contributed by atoms with Crippen molar-refractivity contribution in [2.75, 3.05) is 13.6 Å². The number of carboxylic acid groups (broad SMARTS) is 1. The molecule has 0 radical (unpaired) electrons. The quantitative estimate of drug-likeness (QED) is 0.682. The first-order valence-electron chi connectivity index (χ1n) is 8.78. The summed E-state index contributed by atoms with van der Waals surface area (Å²) in [5, 5.41) is 14.5. The van der Waals surface area contributed by atoms with Crippen LogP contribution in [0.25, 0.3) is 0 Å². The summed E-state index contributed by atoms with van der Waals surface area (Å²) in [7, 11) is 1.50. The van der Waals surface area contributed by atoms with Crippen LogP contribution in [-0.4, -0.2) is 59.4 Å². The van der Waals surface area contributed by atoms with E-state index >= 15 is 0 Å². The first kappa shape index (κ1) is 20.9. The van der Waals surface area contributed by atoms with Crippen LogP contribution in [0.4, 0.5) is 0 Å². The van der Waals surface area contributed by atoms with Crippen molar-refractivity contribution >= 4 is 23.7 Å². The predicted octanol–water partition coefficient (Wildman–Crippen LogP) is 0.509. The Bertz CT molecular complexity index is 507. The highest BCUT2D eigenvalue weighted by atomic mass is 16.4. The largest absolute Gasteiger partial charge is 0.480 e. The Balaban J connectivity index is 2.97. The minimum Gasteiger partial charge on any atom is -0.480 e. The number of nitrogens with zero attached hydrogens (tertiary/aromatic N) is 1. The van der Waals surface area contributed by atoms with Crippen molar-refractivity contribution in [2.24, 2.45) is 5.92 Å². The lowest BCUT2D eigenvalue weighted by molar-refractivity contribution is -0.146. The summed E-state index contributed by atoms with van der Waals surface area (Å²) < 4.78 is 0. The fraction of sp³-hybridized carbons (Fsp3) is 0.765. The van der Waals surface area contributed by atoms with Crippen molar-refractivity contribution in [3.05, 3.63) is 0 Å². The van der Waals surface area contributed by atoms with Crippen LogP contribution >= 0.6 is 0 Å². The number of carboxylic acids is 1. The van der Waals surface area contributed by atoms with E-state index in [1.54, 1.807) is 0 Å². The Morgan fingerprint density at radius 3 is 2.52 bits per heavy atom. The highest BCUT2D eigenvalue weighted by Crippen LogP contribution is 2.13. The maximum atomic E-state index is 12.5. The number of hydrogen-bond donors (Lipinski definition) is 3. The Morgan fingerprint density at radius 1 is 1.24 bits per heavy atom. The van der Waals surface area contributed by atoms with Crippen LogP contribution in [0.3, 0.4) is 0 Å². The topological polar surface area (TPSA) is 116 Å². The lowest BCUT2D eigenvalue weighted by atomic mass is 10.0. The van der Waals surface area contributed by atoms with Gasteiger partial charge in [-0.15, -0.1) is 0 Å². The summed E-state index contributed by atoms with van der Waals surface area (Å²) in [6, 6.07) is -1.94. The molecule has 0 aromatic carbocycles. The highest BCUT2D eigenvalue weighted by Gasteiger charge is 2.31. The van der Waals surface area contributed by atoms with Gasteiger partial charge in [-0.2, -0.15) is 0 Å². The van der Waals surface area contributed by atoms with E-state index in [0.29, 0.717) is 19.4 Å². The Morgan fingerprint density at radius 2 is 1.92 bits per heavy atom. The molecule has 8 nitrogen and oxygen atoms in total. The Hall–Kier alpha value is -2.12. The zero-order valence-electron chi connectivity index (χ0n) is 15.2. The number of hydrogen-bond acceptors (Lipinski definition) is 4. The van der Waals surface area contributed by atoms with Gasteiger partial charge < -0.3 is 20.6 Å². The highest BCUT2D eigenvalue weighted by molar-refractivity contribution is 5.91. The van der Waals surface area contributed by atoms with Gasteiger partial charge in [0.15, 0.2) is 0 Å². The van der Waals surface area contributed by atoms with Crippen LogP contribution in [0.5, 0.6) is 0 Å². The van der Waals surface area contributed by atoms with Gasteiger partial charge in [-0.25, -0.2) is 4.79 Å². The zero-order valence-corrected chi connectivity index (χ0v) is 15.2. The summed E-state index contributed by atoms with van der Waals surface area (Å²) >= 11 is 0. The molecule has 2 atom stereocenters. The Kier molecular flexibility index (Phi) is 8.37. The molecule has 1 aliphatic rings. The Labute approximate surface area is 148 Å². The second-order valence-corrected chi connectivity index (χ2v) is 6.91. The van der Waals surface area contributed by atoms with E-state index in [2.05, 4.69) is 10.6 Å². The van der Waals surface area contributed by atoms with Crippen molar-refractivity contribution in [1.29, 1.82) is 0 Å². The van der Waals surface area contributed by atoms with Crippen molar-refractivity contribution in [3.63, 3.8) is 0 Å². The molecule has 1 saturated heterocycles. The molecule has 25 heavy (non-hydrogen) atoms. The monoisotopic (exact) mass is 355 g/mol. The number of aliphatic carboxylic acids is 1. The van der Waals surface area contributed by atoms with Gasteiger partial charge in [-0.05, 0) is 25.2 Å². The van der Waals surface area contributed by atoms with Crippen LogP contribution in [0.15, 0.2) is 0 Å². The van der Waals surface area contributed by atoms with Crippen molar-refractivity contribution in [3.8, 4) is 0 Å². The van der Waals surface area contributed by atoms with Gasteiger partial charge in [0.25, 0.3) is 0 Å². The first-order valence-corrected chi connectivity index (χ1v) is 8.78. The molecule has 0 aromatic heterocycles. The maximum Gasteiger partial charge on any atom is 0.326 e. The average Bonchev–Trinajstić information content (AvgIpc) is 2.53. The summed E-state index contributed by atoms with van der Waals surface area (Å²) in [6.07, 6.45) is 2.41. The lowest BCUT2D eigenvalue weighted by Crippen LogP contribution is -2.51. The molecule has 0 aliphatic carbocycles. The fourth-order valence-corrected chi connectivity index (χ4v) is 2.76. The van der Waals surface area contributed by atoms with E-state index in [-0.39, 0.29) is 30.6 Å². The van der Waals surface area contributed by atoms with Gasteiger partial charge in [-0.3, -0.25) is 14.4 Å². The number of carbonyl (C=O) groups is 4. The van der Waals surface area contributed by atoms with Crippen LogP contribution in [0.2, 0.25) is 0 Å². The van der Waals surface area contributed by atoms with E-state index in [1.807, 2.05) is 13.8 Å². The summed E-state index contributed by atoms with van der Waals surface area (Å²) in [5.74, 6) is -2.14. The van der Waals surface area contributed by atoms with Crippen molar-refractivity contribution in [2.45, 2.75) is 64.5 Å². The van der Waals surface area contributed by atoms with Crippen LogP contribution < -0.4 is 10.6 Å². The molecule has 0 bridgehead atoms. The standard InChI is InChI=1S/C17H29N3O5/c1-11(2)9-13-16(23)18-8-6-4-5-7-14(21)19-12(17(24)25)10-15(22)20(13)3/h11-13H,4-10H2,1-3H3,(H,18,23)(H,19,21)(H,24,25)/t12-,13-/m0/s1. The van der Waals surface area contributed by atoms with E-state index in [4.69, 9.17) is 0 Å². The SMILES string of the molecule is CC(C)C[C@H]1C(=O)NCCCCCC(=O)N[C@H](C(=O)O)CC(=O)N1C. The van der Waals surface area contributed by atoms with Crippen molar-refractivity contribution < 1.29 is 24.3 Å². The predicted molar refractivity (Wildman–Crippen MR) is 91.7 cm³/mol. The molecule has 8 heteroatoms. The first-order chi connectivity index (χ1) is 11.7. The van der Waals surface area contributed by atoms with E-state index in [1.165, 1.54) is 11.9 Å². The number of amides is 3. The molecule has 142 valence electrons. The molecule has 3 N–H and O–H groups in total. The second kappa shape index (κ2) is 10.0. The summed E-state index contributed by atoms with van der Waals surface area (Å²) in [5.41, 5.74) is 0. The minimum absolute atomic E-state index is 0.194. The molecule has 1 aliphatic heterocycles. The molecule has 1 heterocycles. The average molecular weight is 355 g/mol. The third-order valence-electron chi connectivity index (χ3n) is 4.25. The number of likely N-dealkylation sites (N-methyl/N-ethyl adjacent to an activating group) is 1. The van der Waals surface area contributed by atoms with Gasteiger partial charge in [0.2, 0.25) is 17.7 Å². The van der Waals surface area contributed by atoms with Gasteiger partial charge >= 0.3 is 5.97 Å². The molecule has 3 amide bonds. The molecule has 1 rings (SSSR count). The molecular formula is C17H29N3O5. The number of nitrogens with one attached hydrogen (secondary N) is 2. The van der Waals surface area contributed by atoms with Gasteiger partial charge in [0, 0.05) is 20.0 Å². The maximum absolute atomic E-state index is 12.5. The molecule has 0 spiro atoms. The molecule has 0 unspecified atom stereocenters. The fourth-order valence-electron chi connectivity index (χ4n) is 2.76. The van der Waals surface area contributed by atoms with Crippen LogP contribution in [0.1, 0.15) is 52.4 Å². The summed E-state index contributed by atoms with van der Waals surface area (Å²) in [6.45, 7) is 4.41. The van der Waals surface area contributed by atoms with Gasteiger partial charge in [0.1, 0.15) is 12.1 Å². The summed E-state index contributed by atoms with van der Waals surface area (Å²) in [4.78, 5) is 49.4. The van der Waals surface area contributed by atoms with E-state index in [0.717, 1.165) is 12.8 Å². The molecule has 0 saturated carbocycles. The lowest BCUT2D eigenvalue weighted by Gasteiger charge is -2.30. The van der Waals surface area contributed by atoms with E-state index in [9.17, 15) is 24.3 Å². The van der Waals surface area contributed by atoms with Crippen LogP contribution in [0, 0.1) is 5.92 Å². The van der Waals surface area contributed by atoms with E-state index < -0.39 is 24.0 Å².